The molecule has 9 heavy (non-hydrogen) atoms. The molecule has 54 valence electrons. The van der Waals surface area contributed by atoms with E-state index < -0.39 is 0 Å². The lowest BCUT2D eigenvalue weighted by Gasteiger charge is -1.91. The third-order valence-corrected chi connectivity index (χ3v) is 0.534. The molecule has 0 aromatic heterocycles. The molecule has 0 aliphatic heterocycles. The third kappa shape index (κ3) is 7.13. The van der Waals surface area contributed by atoms with Crippen molar-refractivity contribution >= 4 is 5.97 Å². The van der Waals surface area contributed by atoms with E-state index in [-0.39, 0.29) is 5.97 Å². The molecule has 0 heterocycles. The smallest absolute Gasteiger partial charge is 0.332 e. The molecule has 0 rings (SSSR count). The van der Waals surface area contributed by atoms with E-state index in [1.54, 1.807) is 6.92 Å². The Kier molecular flexibility index (Phi) is 8.71. The van der Waals surface area contributed by atoms with Crippen LogP contribution in [0.3, 0.4) is 0 Å². The van der Waals surface area contributed by atoms with Crippen LogP contribution in [0.15, 0.2) is 12.2 Å². The Morgan fingerprint density at radius 3 is 2.00 bits per heavy atom. The van der Waals surface area contributed by atoms with Gasteiger partial charge in [0.2, 0.25) is 0 Å². The number of carbonyl (C=O) groups is 1. The van der Waals surface area contributed by atoms with Gasteiger partial charge in [0, 0.05) is 5.57 Å². The average Bonchev–Trinajstić information content (AvgIpc) is 1.91. The Labute approximate surface area is 53.9 Å². The van der Waals surface area contributed by atoms with Crippen molar-refractivity contribution in [3.05, 3.63) is 17.4 Å². The minimum absolute atomic E-state index is 0.347. The highest BCUT2D eigenvalue weighted by Gasteiger charge is 1.95. The van der Waals surface area contributed by atoms with Crippen molar-refractivity contribution in [1.82, 2.24) is 0 Å². The molecule has 0 aliphatic rings. The van der Waals surface area contributed by atoms with Gasteiger partial charge in [-0.15, -0.1) is 0 Å². The van der Waals surface area contributed by atoms with E-state index in [1.165, 1.54) is 7.11 Å². The second-order valence-corrected chi connectivity index (χ2v) is 1.27. The summed E-state index contributed by atoms with van der Waals surface area (Å²) in [7, 11) is 1.33. The lowest BCUT2D eigenvalue weighted by atomic mass is 10.4. The Morgan fingerprint density at radius 1 is 1.67 bits per heavy atom. The maximum absolute atomic E-state index is 10.2. The van der Waals surface area contributed by atoms with Gasteiger partial charge in [-0.2, -0.15) is 0 Å². The average molecular weight is 133 g/mol. The highest BCUT2D eigenvalue weighted by Crippen LogP contribution is 1.87. The number of quaternary nitrogens is 1. The predicted molar refractivity (Wildman–Crippen MR) is 33.1 cm³/mol. The normalized spacial score (nSPS) is 6.67. The van der Waals surface area contributed by atoms with Gasteiger partial charge in [0.1, 0.15) is 0 Å². The van der Waals surface area contributed by atoms with Gasteiger partial charge in [-0.05, 0) is 6.92 Å². The molecule has 0 amide bonds. The summed E-state index contributed by atoms with van der Waals surface area (Å²) in [4.78, 5) is 10.2. The molecule has 0 aliphatic carbocycles. The van der Waals surface area contributed by atoms with Crippen LogP contribution in [0.4, 0.5) is 0 Å². The molecule has 0 unspecified atom stereocenters. The molecule has 0 aromatic carbocycles. The van der Waals surface area contributed by atoms with Crippen LogP contribution in [-0.4, -0.2) is 13.1 Å². The monoisotopic (exact) mass is 133 g/mol. The summed E-state index contributed by atoms with van der Waals surface area (Å²) >= 11 is 0. The Balaban J connectivity index is 0. The first-order valence-electron chi connectivity index (χ1n) is 2.21. The molecular weight excluding hydrogens is 122 g/mol. The summed E-state index contributed by atoms with van der Waals surface area (Å²) in [6.07, 6.45) is 0. The molecule has 4 heteroatoms. The first kappa shape index (κ1) is 11.0. The number of rotatable bonds is 1. The molecule has 3 N–H and O–H groups in total. The van der Waals surface area contributed by atoms with Crippen molar-refractivity contribution in [3.63, 3.8) is 0 Å². The molecule has 0 saturated heterocycles. The van der Waals surface area contributed by atoms with Gasteiger partial charge < -0.3 is 15.8 Å². The van der Waals surface area contributed by atoms with Crippen LogP contribution < -0.4 is 5.90 Å². The second kappa shape index (κ2) is 7.13. The summed E-state index contributed by atoms with van der Waals surface area (Å²) < 4.78 is 4.27. The standard InChI is InChI=1S/C5H8O2.H3NO/c1-4(2)5(6)7-3;1-2/h1H2,2-3H3;1H3. The zero-order chi connectivity index (χ0) is 7.86. The summed E-state index contributed by atoms with van der Waals surface area (Å²) in [6, 6.07) is 0. The summed E-state index contributed by atoms with van der Waals surface area (Å²) in [6.45, 7) is 4.95. The molecular formula is C5H11NO3. The molecule has 0 saturated carbocycles. The molecule has 0 aromatic rings. The number of methoxy groups -OCH3 is 1. The van der Waals surface area contributed by atoms with Crippen molar-refractivity contribution < 1.29 is 15.4 Å². The Morgan fingerprint density at radius 2 is 2.00 bits per heavy atom. The van der Waals surface area contributed by atoms with Crippen LogP contribution in [0.25, 0.3) is 0 Å². The Hall–Kier alpha value is -0.870. The van der Waals surface area contributed by atoms with Gasteiger partial charge in [-0.25, -0.2) is 4.79 Å². The Bertz CT molecular complexity index is 100. The number of carbonyl (C=O) groups excluding carboxylic acids is 1. The van der Waals surface area contributed by atoms with Crippen LogP contribution in [-0.2, 0) is 9.53 Å². The fraction of sp³-hybridized carbons (Fsp3) is 0.400. The van der Waals surface area contributed by atoms with Gasteiger partial charge >= 0.3 is 5.97 Å². The highest BCUT2D eigenvalue weighted by molar-refractivity contribution is 5.86. The molecule has 0 bridgehead atoms. The van der Waals surface area contributed by atoms with E-state index in [0.29, 0.717) is 5.57 Å². The van der Waals surface area contributed by atoms with E-state index in [0.717, 1.165) is 0 Å². The number of esters is 1. The second-order valence-electron chi connectivity index (χ2n) is 1.27. The summed E-state index contributed by atoms with van der Waals surface area (Å²) in [5.41, 5.74) is 0.433. The van der Waals surface area contributed by atoms with Crippen molar-refractivity contribution in [2.24, 2.45) is 0 Å². The van der Waals surface area contributed by atoms with Gasteiger partial charge in [-0.3, -0.25) is 0 Å². The summed E-state index contributed by atoms with van der Waals surface area (Å²) in [5.74, 6) is 1.65. The lowest BCUT2D eigenvalue weighted by molar-refractivity contribution is -0.275. The van der Waals surface area contributed by atoms with Gasteiger partial charge in [0.25, 0.3) is 0 Å². The fourth-order valence-electron chi connectivity index (χ4n) is 0.174. The molecule has 4 nitrogen and oxygen atoms in total. The van der Waals surface area contributed by atoms with Crippen LogP contribution in [0.2, 0.25) is 0 Å². The van der Waals surface area contributed by atoms with Gasteiger partial charge in [0.05, 0.1) is 7.11 Å². The van der Waals surface area contributed by atoms with Crippen molar-refractivity contribution in [2.45, 2.75) is 6.92 Å². The molecule has 0 radical (unpaired) electrons. The lowest BCUT2D eigenvalue weighted by Crippen LogP contribution is -2.37. The minimum Gasteiger partial charge on any atom is -0.637 e. The summed E-state index contributed by atoms with van der Waals surface area (Å²) in [5, 5.41) is 8.00. The molecule has 0 spiro atoms. The first-order chi connectivity index (χ1) is 4.18. The van der Waals surface area contributed by atoms with E-state index in [1.807, 2.05) is 5.90 Å². The van der Waals surface area contributed by atoms with Gasteiger partial charge in [0.15, 0.2) is 0 Å². The van der Waals surface area contributed by atoms with E-state index >= 15 is 0 Å². The van der Waals surface area contributed by atoms with Crippen molar-refractivity contribution in [2.75, 3.05) is 7.11 Å². The maximum atomic E-state index is 10.2. The highest BCUT2D eigenvalue weighted by atomic mass is 16.5. The predicted octanol–water partition coefficient (Wildman–Crippen LogP) is -0.538. The maximum Gasteiger partial charge on any atom is 0.332 e. The van der Waals surface area contributed by atoms with Crippen molar-refractivity contribution in [1.29, 1.82) is 0 Å². The first-order valence-corrected chi connectivity index (χ1v) is 2.21. The molecule has 0 atom stereocenters. The van der Waals surface area contributed by atoms with E-state index in [2.05, 4.69) is 11.3 Å². The molecule has 0 fully saturated rings. The zero-order valence-electron chi connectivity index (χ0n) is 5.64. The topological polar surface area (TPSA) is 77.0 Å². The van der Waals surface area contributed by atoms with Crippen LogP contribution in [0.1, 0.15) is 6.92 Å². The third-order valence-electron chi connectivity index (χ3n) is 0.534. The van der Waals surface area contributed by atoms with Crippen molar-refractivity contribution in [3.8, 4) is 0 Å². The number of ether oxygens (including phenoxy) is 1. The fourth-order valence-corrected chi connectivity index (χ4v) is 0.174. The van der Waals surface area contributed by atoms with E-state index in [4.69, 9.17) is 5.21 Å². The quantitative estimate of drug-likeness (QED) is 0.296. The number of hydrogen-bond acceptors (Lipinski definition) is 3. The minimum atomic E-state index is -0.347. The van der Waals surface area contributed by atoms with Crippen LogP contribution in [0, 0.1) is 5.21 Å². The zero-order valence-corrected chi connectivity index (χ0v) is 5.64. The van der Waals surface area contributed by atoms with Crippen LogP contribution in [0.5, 0.6) is 0 Å². The van der Waals surface area contributed by atoms with E-state index in [9.17, 15) is 4.79 Å². The number of hydrogen-bond donors (Lipinski definition) is 1. The largest absolute Gasteiger partial charge is 0.637 e. The van der Waals surface area contributed by atoms with Crippen LogP contribution >= 0.6 is 0 Å². The SMILES string of the molecule is C=C(C)C(=O)OC.[NH3+][O-]. The van der Waals surface area contributed by atoms with Gasteiger partial charge in [-0.1, -0.05) is 6.58 Å².